The van der Waals surface area contributed by atoms with Crippen LogP contribution in [0.5, 0.6) is 0 Å². The molecule has 0 saturated carbocycles. The van der Waals surface area contributed by atoms with Crippen molar-refractivity contribution in [3.05, 3.63) is 32.6 Å². The number of nitrogens with one attached hydrogen (secondary N) is 1. The monoisotopic (exact) mass is 316 g/mol. The van der Waals surface area contributed by atoms with Gasteiger partial charge in [0.05, 0.1) is 18.0 Å². The van der Waals surface area contributed by atoms with E-state index in [2.05, 4.69) is 4.98 Å². The molecule has 2 rings (SSSR count). The van der Waals surface area contributed by atoms with Crippen molar-refractivity contribution in [1.82, 2.24) is 9.55 Å². The molecular weight excluding hydrogens is 296 g/mol. The van der Waals surface area contributed by atoms with Crippen LogP contribution in [0.2, 0.25) is 0 Å². The first-order chi connectivity index (χ1) is 9.99. The van der Waals surface area contributed by atoms with Crippen molar-refractivity contribution in [3.8, 4) is 0 Å². The third-order valence-electron chi connectivity index (χ3n) is 3.43. The fourth-order valence-corrected chi connectivity index (χ4v) is 3.54. The highest BCUT2D eigenvalue weighted by atomic mass is 32.2. The van der Waals surface area contributed by atoms with Gasteiger partial charge < -0.3 is 14.9 Å². The predicted octanol–water partition coefficient (Wildman–Crippen LogP) is -0.393. The van der Waals surface area contributed by atoms with Crippen molar-refractivity contribution in [3.63, 3.8) is 0 Å². The van der Waals surface area contributed by atoms with Gasteiger partial charge in [-0.3, -0.25) is 14.3 Å². The van der Waals surface area contributed by atoms with Gasteiger partial charge in [0.2, 0.25) is 0 Å². The number of hydrogen-bond donors (Lipinski definition) is 3. The summed E-state index contributed by atoms with van der Waals surface area (Å²) in [7, 11) is 0. The minimum Gasteiger partial charge on any atom is -0.394 e. The highest BCUT2D eigenvalue weighted by molar-refractivity contribution is 8.00. The topological polar surface area (TPSA) is 105 Å². The molecule has 21 heavy (non-hydrogen) atoms. The second kappa shape index (κ2) is 6.78. The summed E-state index contributed by atoms with van der Waals surface area (Å²) in [5.74, 6) is 0.802. The summed E-state index contributed by atoms with van der Waals surface area (Å²) < 4.78 is 6.90. The lowest BCUT2D eigenvalue weighted by Gasteiger charge is -2.21. The number of aromatic amines is 1. The van der Waals surface area contributed by atoms with Crippen molar-refractivity contribution in [1.29, 1.82) is 0 Å². The predicted molar refractivity (Wildman–Crippen MR) is 79.6 cm³/mol. The Labute approximate surface area is 126 Å². The van der Waals surface area contributed by atoms with Gasteiger partial charge in [-0.25, -0.2) is 4.79 Å². The number of aliphatic hydroxyl groups is 2. The van der Waals surface area contributed by atoms with Crippen LogP contribution in [0.1, 0.15) is 25.1 Å². The minimum atomic E-state index is -0.865. The van der Waals surface area contributed by atoms with Crippen LogP contribution in [0.15, 0.2) is 15.8 Å². The first kappa shape index (κ1) is 16.3. The number of nitrogens with zero attached hydrogens (tertiary/aromatic N) is 1. The molecule has 1 aromatic rings. The van der Waals surface area contributed by atoms with E-state index in [-0.39, 0.29) is 11.9 Å². The fraction of sp³-hybridized carbons (Fsp3) is 0.692. The molecular formula is C13H20N2O5S. The molecule has 1 aliphatic heterocycles. The zero-order valence-electron chi connectivity index (χ0n) is 12.0. The lowest BCUT2D eigenvalue weighted by Crippen LogP contribution is -2.37. The SMILES string of the molecule is CCCSC1[C@@H](O)[C@@H](CO)O[C@H]1n1cc(C)c(=O)[nH]c1=O. The van der Waals surface area contributed by atoms with Crippen LogP contribution < -0.4 is 11.2 Å². The van der Waals surface area contributed by atoms with Gasteiger partial charge in [0.25, 0.3) is 5.56 Å². The van der Waals surface area contributed by atoms with Crippen LogP contribution >= 0.6 is 11.8 Å². The summed E-state index contributed by atoms with van der Waals surface area (Å²) in [5.41, 5.74) is -0.630. The van der Waals surface area contributed by atoms with Gasteiger partial charge in [-0.05, 0) is 19.1 Å². The Morgan fingerprint density at radius 3 is 2.81 bits per heavy atom. The number of aryl methyl sites for hydroxylation is 1. The quantitative estimate of drug-likeness (QED) is 0.683. The Morgan fingerprint density at radius 1 is 1.48 bits per heavy atom. The molecule has 0 aliphatic carbocycles. The van der Waals surface area contributed by atoms with E-state index in [4.69, 9.17) is 4.74 Å². The van der Waals surface area contributed by atoms with Gasteiger partial charge >= 0.3 is 5.69 Å². The average Bonchev–Trinajstić information content (AvgIpc) is 2.77. The molecule has 0 spiro atoms. The Morgan fingerprint density at radius 2 is 2.19 bits per heavy atom. The maximum absolute atomic E-state index is 12.0. The normalized spacial score (nSPS) is 29.0. The first-order valence-corrected chi connectivity index (χ1v) is 7.92. The van der Waals surface area contributed by atoms with Crippen molar-refractivity contribution >= 4 is 11.8 Å². The highest BCUT2D eigenvalue weighted by Gasteiger charge is 2.44. The summed E-state index contributed by atoms with van der Waals surface area (Å²) >= 11 is 1.50. The number of hydrogen-bond acceptors (Lipinski definition) is 6. The van der Waals surface area contributed by atoms with Gasteiger partial charge in [-0.1, -0.05) is 6.92 Å². The standard InChI is InChI=1S/C13H20N2O5S/c1-3-4-21-10-9(17)8(6-16)20-12(10)15-5-7(2)11(18)14-13(15)19/h5,8-10,12,16-17H,3-4,6H2,1-2H3,(H,14,18,19)/t8-,9+,10?,12-/m1/s1. The third kappa shape index (κ3) is 3.23. The molecule has 0 bridgehead atoms. The highest BCUT2D eigenvalue weighted by Crippen LogP contribution is 2.37. The van der Waals surface area contributed by atoms with Crippen LogP contribution in [-0.4, -0.2) is 49.6 Å². The second-order valence-electron chi connectivity index (χ2n) is 5.05. The largest absolute Gasteiger partial charge is 0.394 e. The molecule has 0 amide bonds. The Bertz CT molecular complexity index is 599. The molecule has 0 radical (unpaired) electrons. The van der Waals surface area contributed by atoms with Crippen molar-refractivity contribution < 1.29 is 14.9 Å². The molecule has 1 aromatic heterocycles. The number of aromatic nitrogens is 2. The molecule has 1 aliphatic rings. The summed E-state index contributed by atoms with van der Waals surface area (Å²) in [6, 6.07) is 0. The van der Waals surface area contributed by atoms with Crippen LogP contribution in [0.3, 0.4) is 0 Å². The van der Waals surface area contributed by atoms with Gasteiger partial charge in [0.1, 0.15) is 6.10 Å². The van der Waals surface area contributed by atoms with E-state index in [1.165, 1.54) is 22.5 Å². The first-order valence-electron chi connectivity index (χ1n) is 6.87. The van der Waals surface area contributed by atoms with Gasteiger partial charge in [-0.2, -0.15) is 11.8 Å². The van der Waals surface area contributed by atoms with E-state index >= 15 is 0 Å². The molecule has 4 atom stereocenters. The Balaban J connectivity index is 2.37. The van der Waals surface area contributed by atoms with Crippen LogP contribution in [0, 0.1) is 6.92 Å². The van der Waals surface area contributed by atoms with Gasteiger partial charge in [0.15, 0.2) is 6.23 Å². The second-order valence-corrected chi connectivity index (χ2v) is 6.34. The fourth-order valence-electron chi connectivity index (χ4n) is 2.30. The molecule has 1 saturated heterocycles. The summed E-state index contributed by atoms with van der Waals surface area (Å²) in [6.45, 7) is 3.29. The number of H-pyrrole nitrogens is 1. The Kier molecular flexibility index (Phi) is 5.26. The van der Waals surface area contributed by atoms with E-state index in [9.17, 15) is 19.8 Å². The summed E-state index contributed by atoms with van der Waals surface area (Å²) in [5, 5.41) is 19.1. The van der Waals surface area contributed by atoms with Gasteiger partial charge in [0, 0.05) is 11.8 Å². The molecule has 0 aromatic carbocycles. The average molecular weight is 316 g/mol. The number of thioether (sulfide) groups is 1. The number of aliphatic hydroxyl groups excluding tert-OH is 2. The van der Waals surface area contributed by atoms with E-state index in [0.717, 1.165) is 12.2 Å². The zero-order chi connectivity index (χ0) is 15.6. The molecule has 1 fully saturated rings. The van der Waals surface area contributed by atoms with Crippen LogP contribution in [0.4, 0.5) is 0 Å². The molecule has 8 heteroatoms. The van der Waals surface area contributed by atoms with Crippen molar-refractivity contribution in [2.45, 2.75) is 44.0 Å². The van der Waals surface area contributed by atoms with E-state index in [1.54, 1.807) is 6.92 Å². The van der Waals surface area contributed by atoms with E-state index < -0.39 is 29.7 Å². The maximum atomic E-state index is 12.0. The maximum Gasteiger partial charge on any atom is 0.330 e. The molecule has 118 valence electrons. The smallest absolute Gasteiger partial charge is 0.330 e. The Hall–Kier alpha value is -1.09. The number of rotatable bonds is 5. The summed E-state index contributed by atoms with van der Waals surface area (Å²) in [4.78, 5) is 25.6. The lowest BCUT2D eigenvalue weighted by molar-refractivity contribution is -0.0457. The minimum absolute atomic E-state index is 0.321. The molecule has 7 nitrogen and oxygen atoms in total. The van der Waals surface area contributed by atoms with Crippen LogP contribution in [-0.2, 0) is 4.74 Å². The zero-order valence-corrected chi connectivity index (χ0v) is 12.8. The molecule has 1 unspecified atom stereocenters. The molecule has 3 N–H and O–H groups in total. The van der Waals surface area contributed by atoms with Crippen molar-refractivity contribution in [2.75, 3.05) is 12.4 Å². The van der Waals surface area contributed by atoms with E-state index in [1.807, 2.05) is 6.92 Å². The third-order valence-corrected chi connectivity index (χ3v) is 4.97. The van der Waals surface area contributed by atoms with E-state index in [0.29, 0.717) is 5.56 Å². The number of ether oxygens (including phenoxy) is 1. The lowest BCUT2D eigenvalue weighted by atomic mass is 10.2. The van der Waals surface area contributed by atoms with Crippen LogP contribution in [0.25, 0.3) is 0 Å². The molecule has 2 heterocycles. The summed E-state index contributed by atoms with van der Waals surface area (Å²) in [6.07, 6.45) is 0.0396. The van der Waals surface area contributed by atoms with Crippen molar-refractivity contribution in [2.24, 2.45) is 0 Å². The van der Waals surface area contributed by atoms with Gasteiger partial charge in [-0.15, -0.1) is 0 Å².